The number of rotatable bonds is 2. The summed E-state index contributed by atoms with van der Waals surface area (Å²) in [5.41, 5.74) is 0.514. The highest BCUT2D eigenvalue weighted by Gasteiger charge is 2.27. The van der Waals surface area contributed by atoms with Gasteiger partial charge in [0.05, 0.1) is 11.7 Å². The number of hydrogen-bond donors (Lipinski definition) is 1. The molecule has 2 unspecified atom stereocenters. The van der Waals surface area contributed by atoms with Crippen molar-refractivity contribution < 1.29 is 9.90 Å². The number of likely N-dealkylation sites (tertiary alicyclic amines) is 1. The van der Waals surface area contributed by atoms with Gasteiger partial charge >= 0.3 is 0 Å². The summed E-state index contributed by atoms with van der Waals surface area (Å²) >= 11 is 0. The lowest BCUT2D eigenvalue weighted by atomic mass is 9.95. The van der Waals surface area contributed by atoms with Gasteiger partial charge in [-0.3, -0.25) is 4.79 Å². The van der Waals surface area contributed by atoms with Crippen LogP contribution in [0.15, 0.2) is 31.0 Å². The Morgan fingerprint density at radius 3 is 2.90 bits per heavy atom. The third-order valence-corrected chi connectivity index (χ3v) is 3.85. The second-order valence-corrected chi connectivity index (χ2v) is 5.33. The van der Waals surface area contributed by atoms with Crippen LogP contribution in [0.4, 0.5) is 0 Å². The molecule has 1 N–H and O–H groups in total. The van der Waals surface area contributed by atoms with Crippen LogP contribution in [0, 0.1) is 5.92 Å². The maximum Gasteiger partial charge on any atom is 0.255 e. The van der Waals surface area contributed by atoms with E-state index in [1.165, 1.54) is 17.2 Å². The van der Waals surface area contributed by atoms with Gasteiger partial charge in [-0.25, -0.2) is 14.6 Å². The van der Waals surface area contributed by atoms with Gasteiger partial charge in [0.25, 0.3) is 5.91 Å². The number of amides is 1. The quantitative estimate of drug-likeness (QED) is 0.869. The van der Waals surface area contributed by atoms with Crippen molar-refractivity contribution in [1.29, 1.82) is 0 Å². The predicted molar refractivity (Wildman–Crippen MR) is 74.8 cm³/mol. The lowest BCUT2D eigenvalue weighted by Gasteiger charge is -2.34. The molecule has 7 nitrogen and oxygen atoms in total. The summed E-state index contributed by atoms with van der Waals surface area (Å²) in [4.78, 5) is 22.1. The standard InChI is InChI=1S/C14H17N5O2/c1-10-4-5-18(7-12(10)20)14(21)11-2-3-13(16-6-11)19-9-15-8-17-19/h2-3,6,8-10,12,20H,4-5,7H2,1H3. The van der Waals surface area contributed by atoms with Crippen LogP contribution in [-0.4, -0.2) is 54.9 Å². The van der Waals surface area contributed by atoms with Crippen LogP contribution >= 0.6 is 0 Å². The first-order valence-corrected chi connectivity index (χ1v) is 6.93. The summed E-state index contributed by atoms with van der Waals surface area (Å²) in [5.74, 6) is 0.747. The molecule has 21 heavy (non-hydrogen) atoms. The molecule has 2 aromatic rings. The second-order valence-electron chi connectivity index (χ2n) is 5.33. The molecule has 0 aliphatic carbocycles. The van der Waals surface area contributed by atoms with Gasteiger partial charge in [-0.2, -0.15) is 5.10 Å². The average Bonchev–Trinajstić information content (AvgIpc) is 3.04. The van der Waals surface area contributed by atoms with Gasteiger partial charge in [-0.15, -0.1) is 0 Å². The zero-order valence-corrected chi connectivity index (χ0v) is 11.8. The lowest BCUT2D eigenvalue weighted by Crippen LogP contribution is -2.45. The van der Waals surface area contributed by atoms with Gasteiger partial charge in [0.15, 0.2) is 5.82 Å². The molecule has 1 aliphatic rings. The number of aromatic nitrogens is 4. The van der Waals surface area contributed by atoms with E-state index in [2.05, 4.69) is 15.1 Å². The van der Waals surface area contributed by atoms with Gasteiger partial charge in [-0.05, 0) is 24.5 Å². The smallest absolute Gasteiger partial charge is 0.255 e. The highest BCUT2D eigenvalue weighted by atomic mass is 16.3. The molecule has 2 atom stereocenters. The Morgan fingerprint density at radius 2 is 2.29 bits per heavy atom. The molecule has 1 fully saturated rings. The number of pyridine rings is 1. The lowest BCUT2D eigenvalue weighted by molar-refractivity contribution is 0.0248. The summed E-state index contributed by atoms with van der Waals surface area (Å²) < 4.78 is 1.53. The highest BCUT2D eigenvalue weighted by Crippen LogP contribution is 2.19. The first-order chi connectivity index (χ1) is 10.1. The summed E-state index contributed by atoms with van der Waals surface area (Å²) in [7, 11) is 0. The first-order valence-electron chi connectivity index (χ1n) is 6.93. The summed E-state index contributed by atoms with van der Waals surface area (Å²) in [6, 6.07) is 3.45. The van der Waals surface area contributed by atoms with E-state index in [1.807, 2.05) is 6.92 Å². The van der Waals surface area contributed by atoms with Gasteiger partial charge in [0.1, 0.15) is 12.7 Å². The molecular formula is C14H17N5O2. The van der Waals surface area contributed by atoms with Crippen LogP contribution in [0.2, 0.25) is 0 Å². The molecule has 1 aliphatic heterocycles. The van der Waals surface area contributed by atoms with Gasteiger partial charge in [0, 0.05) is 19.3 Å². The van der Waals surface area contributed by atoms with Crippen molar-refractivity contribution in [2.45, 2.75) is 19.4 Å². The van der Waals surface area contributed by atoms with Crippen LogP contribution < -0.4 is 0 Å². The van der Waals surface area contributed by atoms with Crippen molar-refractivity contribution in [3.8, 4) is 5.82 Å². The molecule has 3 heterocycles. The molecule has 110 valence electrons. The SMILES string of the molecule is CC1CCN(C(=O)c2ccc(-n3cncn3)nc2)CC1O. The number of carbonyl (C=O) groups is 1. The molecule has 0 saturated carbocycles. The van der Waals surface area contributed by atoms with E-state index in [4.69, 9.17) is 0 Å². The third kappa shape index (κ3) is 2.78. The number of aliphatic hydroxyl groups is 1. The van der Waals surface area contributed by atoms with Crippen LogP contribution in [0.5, 0.6) is 0 Å². The predicted octanol–water partition coefficient (Wildman–Crippen LogP) is 0.505. The Kier molecular flexibility index (Phi) is 3.66. The van der Waals surface area contributed by atoms with Crippen LogP contribution in [-0.2, 0) is 0 Å². The highest BCUT2D eigenvalue weighted by molar-refractivity contribution is 5.94. The van der Waals surface area contributed by atoms with E-state index in [0.717, 1.165) is 6.42 Å². The van der Waals surface area contributed by atoms with E-state index in [9.17, 15) is 9.90 Å². The van der Waals surface area contributed by atoms with E-state index < -0.39 is 6.10 Å². The van der Waals surface area contributed by atoms with Gasteiger partial charge in [0.2, 0.25) is 0 Å². The van der Waals surface area contributed by atoms with Crippen LogP contribution in [0.1, 0.15) is 23.7 Å². The zero-order chi connectivity index (χ0) is 14.8. The molecule has 1 amide bonds. The number of β-amino-alcohol motifs (C(OH)–C–C–N with tert-alkyl or cyclic N) is 1. The minimum absolute atomic E-state index is 0.0985. The first kappa shape index (κ1) is 13.7. The van der Waals surface area contributed by atoms with Gasteiger partial charge in [-0.1, -0.05) is 6.92 Å². The fourth-order valence-electron chi connectivity index (χ4n) is 2.39. The van der Waals surface area contributed by atoms with Crippen molar-refractivity contribution in [2.75, 3.05) is 13.1 Å². The van der Waals surface area contributed by atoms with E-state index in [1.54, 1.807) is 23.4 Å². The fourth-order valence-corrected chi connectivity index (χ4v) is 2.39. The molecule has 0 radical (unpaired) electrons. The average molecular weight is 287 g/mol. The monoisotopic (exact) mass is 287 g/mol. The summed E-state index contributed by atoms with van der Waals surface area (Å²) in [5, 5.41) is 13.9. The van der Waals surface area contributed by atoms with Crippen molar-refractivity contribution >= 4 is 5.91 Å². The Morgan fingerprint density at radius 1 is 1.43 bits per heavy atom. The molecule has 1 saturated heterocycles. The van der Waals surface area contributed by atoms with Crippen molar-refractivity contribution in [3.05, 3.63) is 36.5 Å². The van der Waals surface area contributed by atoms with E-state index in [-0.39, 0.29) is 11.8 Å². The molecular weight excluding hydrogens is 270 g/mol. The van der Waals surface area contributed by atoms with Crippen molar-refractivity contribution in [2.24, 2.45) is 5.92 Å². The Bertz CT molecular complexity index is 611. The van der Waals surface area contributed by atoms with E-state index in [0.29, 0.717) is 24.5 Å². The fraction of sp³-hybridized carbons (Fsp3) is 0.429. The van der Waals surface area contributed by atoms with Crippen molar-refractivity contribution in [1.82, 2.24) is 24.6 Å². The number of carbonyl (C=O) groups excluding carboxylic acids is 1. The Balaban J connectivity index is 1.73. The summed E-state index contributed by atoms with van der Waals surface area (Å²) in [6.45, 7) is 3.05. The second kappa shape index (κ2) is 5.61. The van der Waals surface area contributed by atoms with E-state index >= 15 is 0 Å². The van der Waals surface area contributed by atoms with Gasteiger partial charge < -0.3 is 10.0 Å². The molecule has 0 aromatic carbocycles. The number of nitrogens with zero attached hydrogens (tertiary/aromatic N) is 5. The Labute approximate surface area is 122 Å². The molecule has 0 bridgehead atoms. The minimum atomic E-state index is -0.454. The van der Waals surface area contributed by atoms with Crippen LogP contribution in [0.25, 0.3) is 5.82 Å². The largest absolute Gasteiger partial charge is 0.391 e. The maximum atomic E-state index is 12.4. The maximum absolute atomic E-state index is 12.4. The topological polar surface area (TPSA) is 84.1 Å². The normalized spacial score (nSPS) is 22.3. The molecule has 0 spiro atoms. The molecule has 7 heteroatoms. The number of piperidine rings is 1. The molecule has 3 rings (SSSR count). The van der Waals surface area contributed by atoms with Crippen molar-refractivity contribution in [3.63, 3.8) is 0 Å². The number of aliphatic hydroxyl groups excluding tert-OH is 1. The Hall–Kier alpha value is -2.28. The molecule has 2 aromatic heterocycles. The van der Waals surface area contributed by atoms with Crippen LogP contribution in [0.3, 0.4) is 0 Å². The summed E-state index contributed by atoms with van der Waals surface area (Å²) in [6.07, 6.45) is 4.87. The third-order valence-electron chi connectivity index (χ3n) is 3.85. The minimum Gasteiger partial charge on any atom is -0.391 e. The number of hydrogen-bond acceptors (Lipinski definition) is 5. The zero-order valence-electron chi connectivity index (χ0n) is 11.8.